The minimum absolute atomic E-state index is 0.122. The second-order valence-corrected chi connectivity index (χ2v) is 7.21. The van der Waals surface area contributed by atoms with Gasteiger partial charge < -0.3 is 14.5 Å². The fourth-order valence-electron chi connectivity index (χ4n) is 3.41. The van der Waals surface area contributed by atoms with Crippen LogP contribution in [0.1, 0.15) is 38.7 Å². The number of aryl methyl sites for hydroxylation is 1. The summed E-state index contributed by atoms with van der Waals surface area (Å²) in [5.74, 6) is 1.66. The lowest BCUT2D eigenvalue weighted by Crippen LogP contribution is -2.54. The molecule has 0 spiro atoms. The van der Waals surface area contributed by atoms with E-state index in [1.54, 1.807) is 19.1 Å². The molecule has 1 aliphatic heterocycles. The third-order valence-electron chi connectivity index (χ3n) is 5.00. The van der Waals surface area contributed by atoms with Crippen LogP contribution in [0, 0.1) is 12.7 Å². The van der Waals surface area contributed by atoms with Crippen molar-refractivity contribution in [3.63, 3.8) is 0 Å². The highest BCUT2D eigenvalue weighted by atomic mass is 19.1. The van der Waals surface area contributed by atoms with E-state index in [4.69, 9.17) is 4.74 Å². The quantitative estimate of drug-likeness (QED) is 0.753. The number of rotatable bonds is 6. The molecule has 1 saturated heterocycles. The van der Waals surface area contributed by atoms with Crippen molar-refractivity contribution < 1.29 is 13.9 Å². The minimum atomic E-state index is -0.298. The lowest BCUT2D eigenvalue weighted by atomic mass is 10.1. The Morgan fingerprint density at radius 3 is 2.82 bits per heavy atom. The summed E-state index contributed by atoms with van der Waals surface area (Å²) in [6, 6.07) is 6.28. The topological polar surface area (TPSA) is 58.6 Å². The Balaban J connectivity index is 1.67. The summed E-state index contributed by atoms with van der Waals surface area (Å²) in [6.07, 6.45) is 4.04. The number of nitrogens with zero attached hydrogens (tertiary/aromatic N) is 4. The minimum Gasteiger partial charge on any atom is -0.439 e. The molecule has 1 aromatic carbocycles. The van der Waals surface area contributed by atoms with Crippen molar-refractivity contribution in [3.8, 4) is 11.6 Å². The van der Waals surface area contributed by atoms with Crippen LogP contribution < -0.4 is 9.64 Å². The standard InChI is InChI=1S/C21H27FN4O2/c1-4-5-6-21(27)26-10-9-25(13-16(26)3)19-12-20(24-14-23-19)28-18-8-7-17(22)11-15(18)2/h7-8,11-12,14,16H,4-6,9-10,13H2,1-3H3/t16-/m1/s1. The Morgan fingerprint density at radius 2 is 2.11 bits per heavy atom. The fraction of sp³-hybridized carbons (Fsp3) is 0.476. The average molecular weight is 386 g/mol. The van der Waals surface area contributed by atoms with Gasteiger partial charge >= 0.3 is 0 Å². The number of ether oxygens (including phenoxy) is 1. The zero-order valence-electron chi connectivity index (χ0n) is 16.7. The predicted octanol–water partition coefficient (Wildman–Crippen LogP) is 3.94. The Bertz CT molecular complexity index is 830. The zero-order chi connectivity index (χ0) is 20.1. The van der Waals surface area contributed by atoms with Crippen molar-refractivity contribution in [1.29, 1.82) is 0 Å². The highest BCUT2D eigenvalue weighted by molar-refractivity contribution is 5.76. The highest BCUT2D eigenvalue weighted by Crippen LogP contribution is 2.26. The van der Waals surface area contributed by atoms with Crippen molar-refractivity contribution in [1.82, 2.24) is 14.9 Å². The zero-order valence-corrected chi connectivity index (χ0v) is 16.7. The van der Waals surface area contributed by atoms with Crippen LogP contribution in [0.5, 0.6) is 11.6 Å². The Hall–Kier alpha value is -2.70. The number of carbonyl (C=O) groups excluding carboxylic acids is 1. The molecule has 6 nitrogen and oxygen atoms in total. The van der Waals surface area contributed by atoms with Gasteiger partial charge in [-0.3, -0.25) is 4.79 Å². The first-order valence-electron chi connectivity index (χ1n) is 9.78. The number of anilines is 1. The van der Waals surface area contributed by atoms with E-state index in [9.17, 15) is 9.18 Å². The smallest absolute Gasteiger partial charge is 0.224 e. The van der Waals surface area contributed by atoms with E-state index >= 15 is 0 Å². The van der Waals surface area contributed by atoms with Crippen LogP contribution in [0.25, 0.3) is 0 Å². The second-order valence-electron chi connectivity index (χ2n) is 7.21. The molecule has 1 fully saturated rings. The van der Waals surface area contributed by atoms with Crippen molar-refractivity contribution in [2.45, 2.75) is 46.1 Å². The molecule has 0 N–H and O–H groups in total. The van der Waals surface area contributed by atoms with E-state index in [2.05, 4.69) is 28.7 Å². The van der Waals surface area contributed by atoms with Crippen LogP contribution in [-0.4, -0.2) is 46.5 Å². The van der Waals surface area contributed by atoms with Gasteiger partial charge in [-0.2, -0.15) is 0 Å². The largest absolute Gasteiger partial charge is 0.439 e. The van der Waals surface area contributed by atoms with E-state index in [-0.39, 0.29) is 17.8 Å². The molecule has 1 amide bonds. The van der Waals surface area contributed by atoms with E-state index < -0.39 is 0 Å². The van der Waals surface area contributed by atoms with Gasteiger partial charge in [-0.25, -0.2) is 14.4 Å². The molecule has 1 aliphatic rings. The van der Waals surface area contributed by atoms with Gasteiger partial charge in [0.1, 0.15) is 23.7 Å². The molecule has 0 radical (unpaired) electrons. The van der Waals surface area contributed by atoms with Crippen molar-refractivity contribution in [2.24, 2.45) is 0 Å². The average Bonchev–Trinajstić information content (AvgIpc) is 2.68. The number of benzene rings is 1. The van der Waals surface area contributed by atoms with Crippen molar-refractivity contribution in [3.05, 3.63) is 42.0 Å². The Kier molecular flexibility index (Phi) is 6.44. The second kappa shape index (κ2) is 8.99. The number of amides is 1. The number of piperazine rings is 1. The number of hydrogen-bond donors (Lipinski definition) is 0. The summed E-state index contributed by atoms with van der Waals surface area (Å²) >= 11 is 0. The first kappa shape index (κ1) is 20.0. The molecule has 150 valence electrons. The van der Waals surface area contributed by atoms with Crippen molar-refractivity contribution >= 4 is 11.7 Å². The van der Waals surface area contributed by atoms with Crippen molar-refractivity contribution in [2.75, 3.05) is 24.5 Å². The number of halogens is 1. The first-order chi connectivity index (χ1) is 13.5. The van der Waals surface area contributed by atoms with Gasteiger partial charge in [-0.15, -0.1) is 0 Å². The summed E-state index contributed by atoms with van der Waals surface area (Å²) < 4.78 is 19.1. The molecule has 1 atom stereocenters. The molecule has 0 saturated carbocycles. The number of hydrogen-bond acceptors (Lipinski definition) is 5. The molecule has 2 heterocycles. The van der Waals surface area contributed by atoms with E-state index in [0.717, 1.165) is 18.7 Å². The Labute approximate surface area is 165 Å². The fourth-order valence-corrected chi connectivity index (χ4v) is 3.41. The monoisotopic (exact) mass is 386 g/mol. The van der Waals surface area contributed by atoms with Gasteiger partial charge in [0.15, 0.2) is 0 Å². The van der Waals surface area contributed by atoms with Crippen LogP contribution in [0.15, 0.2) is 30.6 Å². The number of unbranched alkanes of at least 4 members (excludes halogenated alkanes) is 1. The maximum Gasteiger partial charge on any atom is 0.224 e. The first-order valence-corrected chi connectivity index (χ1v) is 9.78. The molecule has 28 heavy (non-hydrogen) atoms. The molecule has 1 aromatic heterocycles. The SMILES string of the molecule is CCCCC(=O)N1CCN(c2cc(Oc3ccc(F)cc3C)ncn2)C[C@H]1C. The lowest BCUT2D eigenvalue weighted by molar-refractivity contribution is -0.133. The third-order valence-corrected chi connectivity index (χ3v) is 5.00. The van der Waals surface area contributed by atoms with Gasteiger partial charge in [-0.1, -0.05) is 13.3 Å². The molecular weight excluding hydrogens is 359 g/mol. The van der Waals surface area contributed by atoms with E-state index in [1.165, 1.54) is 18.5 Å². The molecule has 3 rings (SSSR count). The van der Waals surface area contributed by atoms with E-state index in [0.29, 0.717) is 43.2 Å². The predicted molar refractivity (Wildman–Crippen MR) is 106 cm³/mol. The summed E-state index contributed by atoms with van der Waals surface area (Å²) in [5, 5.41) is 0. The molecule has 0 bridgehead atoms. The van der Waals surface area contributed by atoms with Gasteiger partial charge in [0, 0.05) is 38.2 Å². The molecule has 0 unspecified atom stereocenters. The maximum absolute atomic E-state index is 13.3. The van der Waals surface area contributed by atoms with Crippen LogP contribution in [0.3, 0.4) is 0 Å². The van der Waals surface area contributed by atoms with Gasteiger partial charge in [0.2, 0.25) is 11.8 Å². The number of carbonyl (C=O) groups is 1. The van der Waals surface area contributed by atoms with Crippen LogP contribution in [0.2, 0.25) is 0 Å². The maximum atomic E-state index is 13.3. The Morgan fingerprint density at radius 1 is 1.29 bits per heavy atom. The third kappa shape index (κ3) is 4.77. The lowest BCUT2D eigenvalue weighted by Gasteiger charge is -2.40. The molecule has 7 heteroatoms. The van der Waals surface area contributed by atoms with Crippen LogP contribution in [0.4, 0.5) is 10.2 Å². The molecule has 2 aromatic rings. The summed E-state index contributed by atoms with van der Waals surface area (Å²) in [5.41, 5.74) is 0.702. The summed E-state index contributed by atoms with van der Waals surface area (Å²) in [4.78, 5) is 25.0. The van der Waals surface area contributed by atoms with Gasteiger partial charge in [-0.05, 0) is 44.0 Å². The molecular formula is C21H27FN4O2. The highest BCUT2D eigenvalue weighted by Gasteiger charge is 2.27. The van der Waals surface area contributed by atoms with Crippen LogP contribution >= 0.6 is 0 Å². The molecule has 0 aliphatic carbocycles. The summed E-state index contributed by atoms with van der Waals surface area (Å²) in [6.45, 7) is 8.06. The van der Waals surface area contributed by atoms with Gasteiger partial charge in [0.25, 0.3) is 0 Å². The van der Waals surface area contributed by atoms with E-state index in [1.807, 2.05) is 4.90 Å². The van der Waals surface area contributed by atoms with Gasteiger partial charge in [0.05, 0.1) is 0 Å². The normalized spacial score (nSPS) is 16.9. The summed E-state index contributed by atoms with van der Waals surface area (Å²) in [7, 11) is 0. The van der Waals surface area contributed by atoms with Crippen LogP contribution in [-0.2, 0) is 4.79 Å². The number of aromatic nitrogens is 2.